The summed E-state index contributed by atoms with van der Waals surface area (Å²) in [5, 5.41) is 10.6. The minimum atomic E-state index is -0.360. The lowest BCUT2D eigenvalue weighted by Crippen LogP contribution is -2.30. The molecule has 0 aromatic heterocycles. The quantitative estimate of drug-likeness (QED) is 0.902. The second kappa shape index (κ2) is 7.42. The molecule has 0 spiro atoms. The van der Waals surface area contributed by atoms with Crippen LogP contribution in [0.1, 0.15) is 55.9 Å². The Morgan fingerprint density at radius 1 is 1.19 bits per heavy atom. The van der Waals surface area contributed by atoms with E-state index in [1.54, 1.807) is 0 Å². The van der Waals surface area contributed by atoms with Crippen molar-refractivity contribution in [2.75, 3.05) is 19.6 Å². The zero-order valence-electron chi connectivity index (χ0n) is 14.1. The summed E-state index contributed by atoms with van der Waals surface area (Å²) in [6, 6.07) is 6.35. The maximum Gasteiger partial charge on any atom is 0.0919 e. The van der Waals surface area contributed by atoms with Crippen molar-refractivity contribution >= 4 is 0 Å². The average molecular weight is 289 g/mol. The van der Waals surface area contributed by atoms with Crippen molar-refractivity contribution in [2.45, 2.75) is 53.1 Å². The van der Waals surface area contributed by atoms with Crippen molar-refractivity contribution in [2.24, 2.45) is 11.8 Å². The third-order valence-electron chi connectivity index (χ3n) is 5.02. The molecule has 1 heterocycles. The fourth-order valence-electron chi connectivity index (χ4n) is 3.57. The molecule has 1 fully saturated rings. The van der Waals surface area contributed by atoms with Crippen LogP contribution >= 0.6 is 0 Å². The number of hydrogen-bond acceptors (Lipinski definition) is 2. The number of benzene rings is 1. The van der Waals surface area contributed by atoms with Crippen molar-refractivity contribution in [1.29, 1.82) is 0 Å². The van der Waals surface area contributed by atoms with Crippen molar-refractivity contribution in [1.82, 2.24) is 4.90 Å². The lowest BCUT2D eigenvalue weighted by atomic mass is 9.89. The summed E-state index contributed by atoms with van der Waals surface area (Å²) in [6.45, 7) is 11.9. The molecule has 21 heavy (non-hydrogen) atoms. The molecule has 2 heteroatoms. The molecule has 0 bridgehead atoms. The molecule has 0 aliphatic carbocycles. The number of hydrogen-bond donors (Lipinski definition) is 1. The Morgan fingerprint density at radius 3 is 2.62 bits per heavy atom. The van der Waals surface area contributed by atoms with Gasteiger partial charge in [-0.2, -0.15) is 0 Å². The Bertz CT molecular complexity index is 455. The van der Waals surface area contributed by atoms with Crippen LogP contribution in [0, 0.1) is 25.7 Å². The average Bonchev–Trinajstić information content (AvgIpc) is 2.64. The van der Waals surface area contributed by atoms with Gasteiger partial charge in [0.1, 0.15) is 0 Å². The number of rotatable bonds is 4. The lowest BCUT2D eigenvalue weighted by Gasteiger charge is -2.25. The molecule has 118 valence electrons. The Morgan fingerprint density at radius 2 is 1.95 bits per heavy atom. The molecule has 0 radical (unpaired) electrons. The van der Waals surface area contributed by atoms with Gasteiger partial charge in [-0.05, 0) is 69.2 Å². The topological polar surface area (TPSA) is 23.5 Å². The zero-order chi connectivity index (χ0) is 15.4. The highest BCUT2D eigenvalue weighted by Crippen LogP contribution is 2.26. The van der Waals surface area contributed by atoms with E-state index in [0.29, 0.717) is 0 Å². The van der Waals surface area contributed by atoms with E-state index in [4.69, 9.17) is 0 Å². The van der Waals surface area contributed by atoms with E-state index >= 15 is 0 Å². The van der Waals surface area contributed by atoms with E-state index in [0.717, 1.165) is 37.0 Å². The Balaban J connectivity index is 1.94. The second-order valence-corrected chi connectivity index (χ2v) is 7.11. The first kappa shape index (κ1) is 16.5. The van der Waals surface area contributed by atoms with Gasteiger partial charge in [-0.25, -0.2) is 0 Å². The molecule has 1 aromatic carbocycles. The van der Waals surface area contributed by atoms with Crippen LogP contribution < -0.4 is 0 Å². The Kier molecular flexibility index (Phi) is 5.83. The van der Waals surface area contributed by atoms with E-state index in [1.807, 2.05) is 0 Å². The first-order valence-electron chi connectivity index (χ1n) is 8.45. The van der Waals surface area contributed by atoms with Crippen LogP contribution in [0.2, 0.25) is 0 Å². The number of aliphatic hydroxyl groups is 1. The number of nitrogens with zero attached hydrogens (tertiary/aromatic N) is 1. The van der Waals surface area contributed by atoms with Gasteiger partial charge in [0.15, 0.2) is 0 Å². The minimum Gasteiger partial charge on any atom is -0.387 e. The summed E-state index contributed by atoms with van der Waals surface area (Å²) in [4.78, 5) is 2.45. The lowest BCUT2D eigenvalue weighted by molar-refractivity contribution is 0.113. The smallest absolute Gasteiger partial charge is 0.0919 e. The van der Waals surface area contributed by atoms with Gasteiger partial charge in [-0.1, -0.05) is 37.6 Å². The predicted octanol–water partition coefficient (Wildman–Crippen LogP) is 4.09. The van der Waals surface area contributed by atoms with Crippen LogP contribution in [-0.4, -0.2) is 29.6 Å². The molecule has 1 N–H and O–H groups in total. The van der Waals surface area contributed by atoms with Crippen molar-refractivity contribution in [3.8, 4) is 0 Å². The van der Waals surface area contributed by atoms with Crippen molar-refractivity contribution in [3.05, 3.63) is 34.9 Å². The summed E-state index contributed by atoms with van der Waals surface area (Å²) in [5.74, 6) is 1.64. The van der Waals surface area contributed by atoms with E-state index in [9.17, 15) is 5.11 Å². The largest absolute Gasteiger partial charge is 0.387 e. The molecule has 0 saturated carbocycles. The van der Waals surface area contributed by atoms with Gasteiger partial charge in [-0.3, -0.25) is 0 Å². The number of likely N-dealkylation sites (tertiary alicyclic amines) is 1. The molecule has 2 unspecified atom stereocenters. The normalized spacial score (nSPS) is 22.3. The Hall–Kier alpha value is -0.860. The van der Waals surface area contributed by atoms with Crippen molar-refractivity contribution < 1.29 is 5.11 Å². The number of β-amino-alcohol motifs (C(OH)–C–C–N with tert-alkyl or cyclic N) is 1. The van der Waals surface area contributed by atoms with E-state index in [2.05, 4.69) is 50.8 Å². The molecule has 2 rings (SSSR count). The maximum atomic E-state index is 10.6. The molecule has 2 atom stereocenters. The molecule has 1 aliphatic heterocycles. The molecule has 1 aliphatic rings. The van der Waals surface area contributed by atoms with Gasteiger partial charge in [0.05, 0.1) is 6.10 Å². The first-order valence-corrected chi connectivity index (χ1v) is 8.45. The fourth-order valence-corrected chi connectivity index (χ4v) is 3.57. The fraction of sp³-hybridized carbons (Fsp3) is 0.684. The van der Waals surface area contributed by atoms with Crippen LogP contribution in [0.4, 0.5) is 0 Å². The molecule has 1 saturated heterocycles. The summed E-state index contributed by atoms with van der Waals surface area (Å²) < 4.78 is 0. The summed E-state index contributed by atoms with van der Waals surface area (Å²) >= 11 is 0. The van der Waals surface area contributed by atoms with Gasteiger partial charge in [0.2, 0.25) is 0 Å². The minimum absolute atomic E-state index is 0.360. The zero-order valence-corrected chi connectivity index (χ0v) is 14.1. The summed E-state index contributed by atoms with van der Waals surface area (Å²) in [5.41, 5.74) is 3.56. The summed E-state index contributed by atoms with van der Waals surface area (Å²) in [7, 11) is 0. The molecule has 2 nitrogen and oxygen atoms in total. The van der Waals surface area contributed by atoms with Crippen LogP contribution in [-0.2, 0) is 0 Å². The van der Waals surface area contributed by atoms with Crippen LogP contribution in [0.3, 0.4) is 0 Å². The monoisotopic (exact) mass is 289 g/mol. The van der Waals surface area contributed by atoms with Gasteiger partial charge in [0, 0.05) is 6.54 Å². The van der Waals surface area contributed by atoms with Crippen molar-refractivity contribution in [3.63, 3.8) is 0 Å². The standard InChI is InChI=1S/C19H31NO/c1-14(2)17-6-5-10-20(11-9-17)13-19(21)18-8-7-15(3)12-16(18)4/h7-8,12,14,17,19,21H,5-6,9-11,13H2,1-4H3. The van der Waals surface area contributed by atoms with E-state index < -0.39 is 0 Å². The molecule has 0 amide bonds. The van der Waals surface area contributed by atoms with Gasteiger partial charge >= 0.3 is 0 Å². The first-order chi connectivity index (χ1) is 9.97. The molecular formula is C19H31NO. The number of aryl methyl sites for hydroxylation is 2. The Labute approximate surface area is 130 Å². The highest BCUT2D eigenvalue weighted by atomic mass is 16.3. The highest BCUT2D eigenvalue weighted by molar-refractivity contribution is 5.32. The van der Waals surface area contributed by atoms with E-state index in [-0.39, 0.29) is 6.10 Å². The van der Waals surface area contributed by atoms with Crippen LogP contribution in [0.5, 0.6) is 0 Å². The second-order valence-electron chi connectivity index (χ2n) is 7.11. The number of aliphatic hydroxyl groups excluding tert-OH is 1. The molecular weight excluding hydrogens is 258 g/mol. The van der Waals surface area contributed by atoms with Crippen LogP contribution in [0.25, 0.3) is 0 Å². The van der Waals surface area contributed by atoms with Gasteiger partial charge in [0.25, 0.3) is 0 Å². The third kappa shape index (κ3) is 4.55. The van der Waals surface area contributed by atoms with Gasteiger partial charge < -0.3 is 10.0 Å². The third-order valence-corrected chi connectivity index (χ3v) is 5.02. The van der Waals surface area contributed by atoms with E-state index in [1.165, 1.54) is 30.4 Å². The molecule has 1 aromatic rings. The highest BCUT2D eigenvalue weighted by Gasteiger charge is 2.21. The summed E-state index contributed by atoms with van der Waals surface area (Å²) in [6.07, 6.45) is 3.52. The SMILES string of the molecule is Cc1ccc(C(O)CN2CCCC(C(C)C)CC2)c(C)c1. The van der Waals surface area contributed by atoms with Gasteiger partial charge in [-0.15, -0.1) is 0 Å². The van der Waals surface area contributed by atoms with Crippen LogP contribution in [0.15, 0.2) is 18.2 Å². The predicted molar refractivity (Wildman–Crippen MR) is 89.5 cm³/mol. The maximum absolute atomic E-state index is 10.6.